The van der Waals surface area contributed by atoms with Crippen molar-refractivity contribution in [1.29, 1.82) is 0 Å². The second kappa shape index (κ2) is 27.7. The first-order valence-electron chi connectivity index (χ1n) is 32.5. The van der Waals surface area contributed by atoms with Crippen LogP contribution in [0.2, 0.25) is 0 Å². The van der Waals surface area contributed by atoms with E-state index < -0.39 is 4.92 Å². The van der Waals surface area contributed by atoms with Crippen molar-refractivity contribution in [2.75, 3.05) is 81.0 Å². The second-order valence-electron chi connectivity index (χ2n) is 28.4. The first kappa shape index (κ1) is 62.5. The van der Waals surface area contributed by atoms with E-state index >= 15 is 0 Å². The van der Waals surface area contributed by atoms with E-state index in [1.807, 2.05) is 77.7 Å². The number of likely N-dealkylation sites (tertiary alicyclic amines) is 2. The Morgan fingerprint density at radius 2 is 0.942 bits per heavy atom. The number of pyridine rings is 2. The van der Waals surface area contributed by atoms with Crippen molar-refractivity contribution in [3.8, 4) is 0 Å². The number of nitrogens with zero attached hydrogens (tertiary/aromatic N) is 7. The maximum atomic E-state index is 12.0. The highest BCUT2D eigenvalue weighted by Gasteiger charge is 2.48. The molecule has 5 aliphatic heterocycles. The number of rotatable bonds is 7. The molecule has 2 aromatic carbocycles. The Bertz CT molecular complexity index is 2740. The van der Waals surface area contributed by atoms with Gasteiger partial charge in [-0.2, -0.15) is 0 Å². The zero-order valence-electron chi connectivity index (χ0n) is 51.9. The smallest absolute Gasteiger partial charge is 0.410 e. The average Bonchev–Trinajstić information content (AvgIpc) is 1.57. The molecule has 16 heteroatoms. The lowest BCUT2D eigenvalue weighted by Gasteiger charge is -2.51. The fourth-order valence-electron chi connectivity index (χ4n) is 16.6. The third kappa shape index (κ3) is 16.1. The number of ether oxygens (including phenoxy) is 2. The van der Waals surface area contributed by atoms with E-state index in [4.69, 9.17) is 15.2 Å². The standard InChI is InChI=1S/C17H21NO2.C16H19NO3.C14H19N3O2.C14H21N3.C9H17N/c1-14-11-17(12-14)7-9-18(10-8-17)16(19)20-13-15-5-3-2-4-6-15;18-14-10-16(11-14)6-8-17(9-7-16)15(19)20-12-13-4-2-1-3-5-13;1-11-8-14(9-11)4-6-16(7-5-14)13-3-2-12(10-15-13)17(18)19;1-11-8-14(9-11)4-6-17(7-5-14)13-3-2-12(15)10-16-13;1-8-6-9(7-8)2-4-10-5-3-9/h2-6H,1,7-13H2;1-5H,6-12H2;2-3,10-11H,4-9H2,1H3;2-3,10-11H,4-9,15H2,1H3;8,10H,2-7H2,1H3. The van der Waals surface area contributed by atoms with Crippen molar-refractivity contribution in [3.63, 3.8) is 0 Å². The molecular formula is C70H97N9O7. The number of amides is 2. The predicted octanol–water partition coefficient (Wildman–Crippen LogP) is 14.0. The molecule has 4 aromatic rings. The van der Waals surface area contributed by atoms with Gasteiger partial charge in [0.25, 0.3) is 5.69 Å². The topological polar surface area (TPSA) is 190 Å². The number of aromatic nitrogens is 2. The molecule has 5 aliphatic carbocycles. The number of benzene rings is 2. The van der Waals surface area contributed by atoms with Gasteiger partial charge in [0.2, 0.25) is 0 Å². The molecule has 10 fully saturated rings. The number of hydrogen-bond donors (Lipinski definition) is 2. The van der Waals surface area contributed by atoms with Crippen LogP contribution < -0.4 is 20.9 Å². The van der Waals surface area contributed by atoms with Gasteiger partial charge in [-0.3, -0.25) is 14.9 Å². The Balaban J connectivity index is 0.000000121. The Morgan fingerprint density at radius 3 is 1.29 bits per heavy atom. The fraction of sp³-hybridized carbons (Fsp3) is 0.614. The third-order valence-corrected chi connectivity index (χ3v) is 21.3. The van der Waals surface area contributed by atoms with Crippen LogP contribution in [-0.2, 0) is 27.5 Å². The Morgan fingerprint density at radius 1 is 0.558 bits per heavy atom. The molecule has 0 radical (unpaired) electrons. The first-order valence-corrected chi connectivity index (χ1v) is 32.5. The molecule has 2 aromatic heterocycles. The second-order valence-corrected chi connectivity index (χ2v) is 28.4. The summed E-state index contributed by atoms with van der Waals surface area (Å²) < 4.78 is 10.7. The summed E-state index contributed by atoms with van der Waals surface area (Å²) in [7, 11) is 0. The summed E-state index contributed by atoms with van der Waals surface area (Å²) in [6.45, 7) is 21.7. The largest absolute Gasteiger partial charge is 0.445 e. The van der Waals surface area contributed by atoms with Gasteiger partial charge in [0.15, 0.2) is 0 Å². The molecule has 2 amide bonds. The van der Waals surface area contributed by atoms with Crippen LogP contribution >= 0.6 is 0 Å². The number of nitro groups is 1. The summed E-state index contributed by atoms with van der Waals surface area (Å²) in [5, 5.41) is 14.0. The summed E-state index contributed by atoms with van der Waals surface area (Å²) >= 11 is 0. The maximum absolute atomic E-state index is 12.0. The van der Waals surface area contributed by atoms with Crippen LogP contribution in [0.4, 0.5) is 32.6 Å². The van der Waals surface area contributed by atoms with Gasteiger partial charge in [-0.15, -0.1) is 0 Å². The normalized spacial score (nSPS) is 24.2. The van der Waals surface area contributed by atoms with E-state index in [0.717, 1.165) is 129 Å². The van der Waals surface area contributed by atoms with Gasteiger partial charge in [-0.25, -0.2) is 19.6 Å². The van der Waals surface area contributed by atoms with E-state index in [0.29, 0.717) is 61.2 Å². The van der Waals surface area contributed by atoms with Crippen LogP contribution in [-0.4, -0.2) is 108 Å². The molecule has 14 rings (SSSR count). The van der Waals surface area contributed by atoms with Crippen LogP contribution in [0.25, 0.3) is 0 Å². The van der Waals surface area contributed by atoms with E-state index in [1.54, 1.807) is 17.2 Å². The van der Waals surface area contributed by atoms with E-state index in [1.165, 1.54) is 108 Å². The van der Waals surface area contributed by atoms with Crippen LogP contribution in [0.5, 0.6) is 0 Å². The Hall–Kier alpha value is -6.55. The highest BCUT2D eigenvalue weighted by molar-refractivity contribution is 5.86. The molecule has 16 nitrogen and oxygen atoms in total. The number of allylic oxidation sites excluding steroid dienone is 1. The van der Waals surface area contributed by atoms with Gasteiger partial charge in [0.1, 0.15) is 36.8 Å². The van der Waals surface area contributed by atoms with Gasteiger partial charge in [-0.05, 0) is 203 Å². The Kier molecular flexibility index (Phi) is 20.1. The van der Waals surface area contributed by atoms with Crippen LogP contribution in [0.15, 0.2) is 109 Å². The number of carbonyl (C=O) groups excluding carboxylic acids is 3. The highest BCUT2D eigenvalue weighted by atomic mass is 16.6. The SMILES string of the molecule is C=C1CC2(CCN(C(=O)OCc3ccccc3)CC2)C1.CC1CC2(CCN(c3ccc(N)cn3)CC2)C1.CC1CC2(CCN(c3ccc([N+](=O)[O-])cn3)CC2)C1.CC1CC2(CCNCC2)C1.O=C1CC2(CCN(C(=O)OCc3ccccc3)CC2)C1. The number of piperidine rings is 5. The van der Waals surface area contributed by atoms with Crippen molar-refractivity contribution in [2.24, 2.45) is 44.8 Å². The first-order chi connectivity index (χ1) is 41.4. The number of nitrogen functional groups attached to an aromatic ring is 1. The monoisotopic (exact) mass is 1180 g/mol. The zero-order valence-corrected chi connectivity index (χ0v) is 51.9. The van der Waals surface area contributed by atoms with E-state index in [-0.39, 0.29) is 23.3 Å². The highest BCUT2D eigenvalue weighted by Crippen LogP contribution is 2.55. The van der Waals surface area contributed by atoms with Crippen LogP contribution in [0.3, 0.4) is 0 Å². The molecule has 5 saturated heterocycles. The van der Waals surface area contributed by atoms with Gasteiger partial charge < -0.3 is 40.1 Å². The molecule has 86 heavy (non-hydrogen) atoms. The molecule has 3 N–H and O–H groups in total. The predicted molar refractivity (Wildman–Crippen MR) is 339 cm³/mol. The number of nitrogens with two attached hydrogens (primary N) is 1. The van der Waals surface area contributed by atoms with E-state index in [2.05, 4.69) is 52.4 Å². The van der Waals surface area contributed by atoms with Gasteiger partial charge in [0, 0.05) is 71.3 Å². The average molecular weight is 1180 g/mol. The lowest BCUT2D eigenvalue weighted by Crippen LogP contribution is -2.49. The minimum absolute atomic E-state index is 0.0602. The Labute approximate surface area is 511 Å². The minimum Gasteiger partial charge on any atom is -0.445 e. The lowest BCUT2D eigenvalue weighted by molar-refractivity contribution is -0.385. The minimum atomic E-state index is -0.405. The quantitative estimate of drug-likeness (QED) is 0.101. The van der Waals surface area contributed by atoms with Crippen molar-refractivity contribution >= 4 is 41.0 Å². The van der Waals surface area contributed by atoms with Gasteiger partial charge >= 0.3 is 12.2 Å². The molecule has 0 bridgehead atoms. The summed E-state index contributed by atoms with van der Waals surface area (Å²) in [5.74, 6) is 5.19. The number of carbonyl (C=O) groups is 3. The van der Waals surface area contributed by atoms with Crippen LogP contribution in [0, 0.1) is 54.9 Å². The fourth-order valence-corrected chi connectivity index (χ4v) is 16.6. The van der Waals surface area contributed by atoms with Crippen molar-refractivity contribution in [3.05, 3.63) is 131 Å². The summed E-state index contributed by atoms with van der Waals surface area (Å²) in [4.78, 5) is 62.2. The molecule has 5 spiro atoms. The number of ketones is 1. The lowest BCUT2D eigenvalue weighted by atomic mass is 9.58. The van der Waals surface area contributed by atoms with Gasteiger partial charge in [-0.1, -0.05) is 93.6 Å². The summed E-state index contributed by atoms with van der Waals surface area (Å²) in [6.07, 6.45) is 27.1. The molecule has 0 unspecified atom stereocenters. The molecule has 0 atom stereocenters. The number of nitrogens with one attached hydrogen (secondary N) is 1. The maximum Gasteiger partial charge on any atom is 0.410 e. The number of anilines is 3. The molecule has 464 valence electrons. The van der Waals surface area contributed by atoms with E-state index in [9.17, 15) is 24.5 Å². The summed E-state index contributed by atoms with van der Waals surface area (Å²) in [5.41, 5.74) is 12.6. The number of hydrogen-bond acceptors (Lipinski definition) is 13. The zero-order chi connectivity index (χ0) is 60.4. The van der Waals surface area contributed by atoms with Crippen LogP contribution in [0.1, 0.15) is 160 Å². The molecular weight excluding hydrogens is 1080 g/mol. The van der Waals surface area contributed by atoms with Crippen molar-refractivity contribution < 1.29 is 28.8 Å². The van der Waals surface area contributed by atoms with Crippen molar-refractivity contribution in [1.82, 2.24) is 25.1 Å². The summed E-state index contributed by atoms with van der Waals surface area (Å²) in [6, 6.07) is 26.8. The molecule has 10 aliphatic rings. The van der Waals surface area contributed by atoms with Crippen molar-refractivity contribution in [2.45, 2.75) is 162 Å². The molecule has 5 saturated carbocycles. The van der Waals surface area contributed by atoms with Gasteiger partial charge in [0.05, 0.1) is 16.8 Å². The molecule has 7 heterocycles. The number of Topliss-reactive ketones (excluding diaryl/α,β-unsaturated/α-hetero) is 1. The third-order valence-electron chi connectivity index (χ3n) is 21.3.